The molecule has 4 aliphatic rings. The molecule has 0 spiro atoms. The van der Waals surface area contributed by atoms with Gasteiger partial charge < -0.3 is 15.8 Å². The lowest BCUT2D eigenvalue weighted by Gasteiger charge is -2.42. The molecule has 37 heavy (non-hydrogen) atoms. The van der Waals surface area contributed by atoms with Crippen molar-refractivity contribution in [1.29, 1.82) is 0 Å². The van der Waals surface area contributed by atoms with E-state index in [1.165, 1.54) is 11.0 Å². The van der Waals surface area contributed by atoms with E-state index in [-0.39, 0.29) is 58.6 Å². The molecule has 0 fully saturated rings. The molecule has 2 bridgehead atoms. The van der Waals surface area contributed by atoms with E-state index in [1.54, 1.807) is 6.07 Å². The molecule has 0 saturated heterocycles. The van der Waals surface area contributed by atoms with Crippen molar-refractivity contribution < 1.29 is 22.7 Å². The normalized spacial score (nSPS) is 27.0. The van der Waals surface area contributed by atoms with Crippen LogP contribution in [0.15, 0.2) is 46.3 Å². The number of benzene rings is 2. The van der Waals surface area contributed by atoms with Crippen LogP contribution >= 0.6 is 0 Å². The summed E-state index contributed by atoms with van der Waals surface area (Å²) in [5, 5.41) is 3.07. The summed E-state index contributed by atoms with van der Waals surface area (Å²) < 4.78 is 33.2. The predicted octanol–water partition coefficient (Wildman–Crippen LogP) is 2.80. The van der Waals surface area contributed by atoms with Crippen molar-refractivity contribution in [1.82, 2.24) is 10.2 Å². The van der Waals surface area contributed by atoms with Crippen molar-refractivity contribution in [2.24, 2.45) is 10.7 Å². The molecular weight excluding hydrogens is 492 g/mol. The number of nitrogens with two attached hydrogens (primary N) is 1. The van der Waals surface area contributed by atoms with Crippen LogP contribution in [0.1, 0.15) is 78.7 Å². The third-order valence-corrected chi connectivity index (χ3v) is 10.2. The third-order valence-electron chi connectivity index (χ3n) is 8.40. The number of fused-ring (bicyclic) bond motifs is 7. The minimum Gasteiger partial charge on any atom is -0.486 e. The summed E-state index contributed by atoms with van der Waals surface area (Å²) in [6.45, 7) is 3.96. The number of hydrogen-bond donors (Lipinski definition) is 2. The van der Waals surface area contributed by atoms with Crippen molar-refractivity contribution >= 4 is 27.6 Å². The van der Waals surface area contributed by atoms with Crippen molar-refractivity contribution in [2.45, 2.75) is 74.6 Å². The molecule has 3 atom stereocenters. The van der Waals surface area contributed by atoms with Crippen molar-refractivity contribution in [3.8, 4) is 5.75 Å². The number of aliphatic imine (C=N–C) groups is 1. The molecule has 2 amide bonds. The minimum atomic E-state index is -3.72. The van der Waals surface area contributed by atoms with Gasteiger partial charge in [-0.1, -0.05) is 38.1 Å². The van der Waals surface area contributed by atoms with E-state index in [1.807, 2.05) is 38.1 Å². The van der Waals surface area contributed by atoms with Crippen LogP contribution in [0.4, 0.5) is 0 Å². The number of guanidine groups is 1. The lowest BCUT2D eigenvalue weighted by molar-refractivity contribution is -0.131. The minimum absolute atomic E-state index is 0.0420. The first kappa shape index (κ1) is 24.0. The average molecular weight is 523 g/mol. The Labute approximate surface area is 216 Å². The summed E-state index contributed by atoms with van der Waals surface area (Å²) in [4.78, 5) is 33.0. The van der Waals surface area contributed by atoms with Gasteiger partial charge in [0.15, 0.2) is 15.8 Å². The number of carbonyl (C=O) groups is 2. The smallest absolute Gasteiger partial charge is 0.252 e. The van der Waals surface area contributed by atoms with Crippen LogP contribution in [-0.2, 0) is 21.1 Å². The Hall–Kier alpha value is -3.40. The lowest BCUT2D eigenvalue weighted by Crippen LogP contribution is -2.53. The van der Waals surface area contributed by atoms with E-state index in [4.69, 9.17) is 15.5 Å². The van der Waals surface area contributed by atoms with E-state index >= 15 is 0 Å². The summed E-state index contributed by atoms with van der Waals surface area (Å²) in [5.41, 5.74) is 8.49. The quantitative estimate of drug-likeness (QED) is 0.637. The number of sulfone groups is 1. The molecule has 1 aliphatic carbocycles. The highest BCUT2D eigenvalue weighted by atomic mass is 32.2. The van der Waals surface area contributed by atoms with Gasteiger partial charge in [-0.15, -0.1) is 0 Å². The van der Waals surface area contributed by atoms with Gasteiger partial charge in [0, 0.05) is 12.0 Å². The van der Waals surface area contributed by atoms with E-state index in [9.17, 15) is 18.0 Å². The first-order chi connectivity index (χ1) is 17.7. The fraction of sp³-hybridized carbons (Fsp3) is 0.444. The molecule has 2 aromatic carbocycles. The second-order valence-electron chi connectivity index (χ2n) is 10.4. The standard InChI is InChI=1S/C27H30N4O5S/c1-3-27(4-2)14-22(32)31(26(28)30-27)19-9-10-37(34,35)24-18(19)11-16-13-21(24)36-20-12-15-7-5-6-8-17(15)23(20)29-25(16)33/h5-8,11,13,19-20,23H,3-4,9-10,12,14H2,1-2H3,(H2,28,30)(H,29,33)/t19-,20-,23-/m1/s1. The van der Waals surface area contributed by atoms with Crippen molar-refractivity contribution in [3.63, 3.8) is 0 Å². The number of carbonyl (C=O) groups excluding carboxylic acids is 2. The zero-order valence-corrected chi connectivity index (χ0v) is 21.7. The molecule has 194 valence electrons. The molecule has 10 heteroatoms. The van der Waals surface area contributed by atoms with Gasteiger partial charge in [-0.05, 0) is 48.1 Å². The molecule has 0 unspecified atom stereocenters. The molecular formula is C27H30N4O5S. The first-order valence-electron chi connectivity index (χ1n) is 12.8. The Balaban J connectivity index is 1.47. The Bertz CT molecular complexity index is 1460. The SMILES string of the molecule is CCC1(CC)CC(=O)N([C@@H]2CCS(=O)(=O)c3c4cc(cc32)C(=O)N[C@@H]2c3ccccc3C[C@H]2O4)C(N)=N1. The number of nitrogens with one attached hydrogen (secondary N) is 1. The monoisotopic (exact) mass is 522 g/mol. The molecule has 3 heterocycles. The van der Waals surface area contributed by atoms with Gasteiger partial charge in [0.05, 0.1) is 29.8 Å². The summed E-state index contributed by atoms with van der Waals surface area (Å²) in [7, 11) is -3.72. The number of nitrogens with zero attached hydrogens (tertiary/aromatic N) is 2. The van der Waals surface area contributed by atoms with E-state index in [0.717, 1.165) is 11.1 Å². The van der Waals surface area contributed by atoms with Crippen LogP contribution in [0.25, 0.3) is 0 Å². The molecule has 0 radical (unpaired) electrons. The summed E-state index contributed by atoms with van der Waals surface area (Å²) >= 11 is 0. The lowest BCUT2D eigenvalue weighted by atomic mass is 9.87. The number of amides is 2. The van der Waals surface area contributed by atoms with Crippen LogP contribution in [-0.4, -0.2) is 48.5 Å². The summed E-state index contributed by atoms with van der Waals surface area (Å²) in [5.74, 6) is -0.423. The average Bonchev–Trinajstić information content (AvgIpc) is 3.20. The van der Waals surface area contributed by atoms with Crippen LogP contribution < -0.4 is 15.8 Å². The van der Waals surface area contributed by atoms with Crippen molar-refractivity contribution in [2.75, 3.05) is 5.75 Å². The Morgan fingerprint density at radius 3 is 2.65 bits per heavy atom. The van der Waals surface area contributed by atoms with Gasteiger partial charge in [-0.25, -0.2) is 13.4 Å². The highest BCUT2D eigenvalue weighted by molar-refractivity contribution is 7.91. The number of rotatable bonds is 3. The Morgan fingerprint density at radius 2 is 1.92 bits per heavy atom. The van der Waals surface area contributed by atoms with E-state index < -0.39 is 27.5 Å². The Morgan fingerprint density at radius 1 is 1.16 bits per heavy atom. The summed E-state index contributed by atoms with van der Waals surface area (Å²) in [6, 6.07) is 9.82. The summed E-state index contributed by atoms with van der Waals surface area (Å²) in [6.07, 6.45) is 1.80. The molecule has 3 aliphatic heterocycles. The van der Waals surface area contributed by atoms with Crippen molar-refractivity contribution in [3.05, 3.63) is 58.7 Å². The fourth-order valence-electron chi connectivity index (χ4n) is 6.26. The number of ether oxygens (including phenoxy) is 1. The second-order valence-corrected chi connectivity index (χ2v) is 12.4. The van der Waals surface area contributed by atoms with Crippen LogP contribution in [0, 0.1) is 0 Å². The first-order valence-corrected chi connectivity index (χ1v) is 14.4. The molecule has 6 rings (SSSR count). The van der Waals surface area contributed by atoms with Crippen LogP contribution in [0.3, 0.4) is 0 Å². The molecule has 0 aromatic heterocycles. The second kappa shape index (κ2) is 8.31. The van der Waals surface area contributed by atoms with E-state index in [0.29, 0.717) is 24.8 Å². The fourth-order valence-corrected chi connectivity index (χ4v) is 7.97. The third kappa shape index (κ3) is 3.64. The maximum Gasteiger partial charge on any atom is 0.252 e. The van der Waals surface area contributed by atoms with Gasteiger partial charge in [0.2, 0.25) is 5.91 Å². The highest BCUT2D eigenvalue weighted by Crippen LogP contribution is 2.46. The van der Waals surface area contributed by atoms with Gasteiger partial charge in [-0.2, -0.15) is 0 Å². The predicted molar refractivity (Wildman–Crippen MR) is 137 cm³/mol. The Kier molecular flexibility index (Phi) is 5.38. The maximum absolute atomic E-state index is 13.4. The largest absolute Gasteiger partial charge is 0.486 e. The maximum atomic E-state index is 13.4. The van der Waals surface area contributed by atoms with Gasteiger partial charge >= 0.3 is 0 Å². The topological polar surface area (TPSA) is 131 Å². The zero-order chi connectivity index (χ0) is 26.1. The van der Waals surface area contributed by atoms with Gasteiger partial charge in [-0.3, -0.25) is 14.5 Å². The zero-order valence-electron chi connectivity index (χ0n) is 20.9. The van der Waals surface area contributed by atoms with Crippen LogP contribution in [0.5, 0.6) is 5.75 Å². The van der Waals surface area contributed by atoms with E-state index in [2.05, 4.69) is 5.32 Å². The molecule has 3 N–H and O–H groups in total. The van der Waals surface area contributed by atoms with Gasteiger partial charge in [0.1, 0.15) is 16.7 Å². The number of hydrogen-bond acceptors (Lipinski definition) is 7. The highest BCUT2D eigenvalue weighted by Gasteiger charge is 2.46. The molecule has 9 nitrogen and oxygen atoms in total. The van der Waals surface area contributed by atoms with Crippen LogP contribution in [0.2, 0.25) is 0 Å². The molecule has 0 saturated carbocycles. The van der Waals surface area contributed by atoms with Gasteiger partial charge in [0.25, 0.3) is 5.91 Å². The molecule has 2 aromatic rings.